The van der Waals surface area contributed by atoms with Crippen molar-refractivity contribution < 1.29 is 13.7 Å². The van der Waals surface area contributed by atoms with Gasteiger partial charge >= 0.3 is 0 Å². The van der Waals surface area contributed by atoms with Crippen LogP contribution in [-0.2, 0) is 0 Å². The second-order valence-electron chi connectivity index (χ2n) is 6.67. The molecule has 2 heterocycles. The van der Waals surface area contributed by atoms with Crippen LogP contribution in [0.25, 0.3) is 17.1 Å². The highest BCUT2D eigenvalue weighted by Gasteiger charge is 2.16. The number of nitrogens with one attached hydrogen (secondary N) is 1. The van der Waals surface area contributed by atoms with Gasteiger partial charge in [-0.2, -0.15) is 10.1 Å². The Bertz CT molecular complexity index is 1190. The maximum Gasteiger partial charge on any atom is 0.259 e. The predicted octanol–water partition coefficient (Wildman–Crippen LogP) is 4.24. The Labute approximate surface area is 166 Å². The number of rotatable bonds is 4. The van der Waals surface area contributed by atoms with Gasteiger partial charge in [-0.05, 0) is 61.9 Å². The van der Waals surface area contributed by atoms with Gasteiger partial charge in [-0.25, -0.2) is 9.07 Å². The van der Waals surface area contributed by atoms with Gasteiger partial charge in [0.1, 0.15) is 5.82 Å². The molecule has 0 radical (unpaired) electrons. The molecular formula is C21H18FN5O2. The van der Waals surface area contributed by atoms with Crippen molar-refractivity contribution >= 4 is 11.6 Å². The third-order valence-corrected chi connectivity index (χ3v) is 4.50. The number of carbonyl (C=O) groups excluding carboxylic acids is 1. The fraction of sp³-hybridized carbons (Fsp3) is 0.143. The van der Waals surface area contributed by atoms with Gasteiger partial charge in [-0.15, -0.1) is 0 Å². The maximum absolute atomic E-state index is 13.3. The minimum absolute atomic E-state index is 0.303. The number of nitrogens with zero attached hydrogens (tertiary/aromatic N) is 4. The number of benzene rings is 2. The van der Waals surface area contributed by atoms with Gasteiger partial charge in [0.05, 0.1) is 16.9 Å². The zero-order valence-corrected chi connectivity index (χ0v) is 16.1. The van der Waals surface area contributed by atoms with E-state index in [4.69, 9.17) is 4.52 Å². The number of aryl methyl sites for hydroxylation is 3. The smallest absolute Gasteiger partial charge is 0.259 e. The van der Waals surface area contributed by atoms with E-state index in [1.165, 1.54) is 12.1 Å². The van der Waals surface area contributed by atoms with Crippen molar-refractivity contribution in [1.82, 2.24) is 19.9 Å². The topological polar surface area (TPSA) is 85.8 Å². The average molecular weight is 391 g/mol. The first-order valence-electron chi connectivity index (χ1n) is 8.95. The number of hydrogen-bond acceptors (Lipinski definition) is 5. The van der Waals surface area contributed by atoms with Crippen LogP contribution in [0.4, 0.5) is 10.1 Å². The first-order chi connectivity index (χ1) is 13.9. The number of aromatic nitrogens is 4. The molecule has 0 aliphatic rings. The quantitative estimate of drug-likeness (QED) is 0.562. The van der Waals surface area contributed by atoms with Crippen LogP contribution >= 0.6 is 0 Å². The van der Waals surface area contributed by atoms with Crippen LogP contribution in [0, 0.1) is 26.6 Å². The van der Waals surface area contributed by atoms with Gasteiger partial charge in [0.15, 0.2) is 0 Å². The highest BCUT2D eigenvalue weighted by atomic mass is 19.1. The zero-order valence-electron chi connectivity index (χ0n) is 16.1. The summed E-state index contributed by atoms with van der Waals surface area (Å²) in [5.74, 6) is 0.366. The molecule has 29 heavy (non-hydrogen) atoms. The molecule has 1 amide bonds. The summed E-state index contributed by atoms with van der Waals surface area (Å²) in [5, 5.41) is 11.1. The molecule has 0 atom stereocenters. The molecule has 146 valence electrons. The summed E-state index contributed by atoms with van der Waals surface area (Å²) in [6.07, 6.45) is 1.66. The zero-order chi connectivity index (χ0) is 20.5. The Morgan fingerprint density at radius 3 is 2.52 bits per heavy atom. The molecule has 4 aromatic rings. The fourth-order valence-corrected chi connectivity index (χ4v) is 2.95. The van der Waals surface area contributed by atoms with E-state index in [9.17, 15) is 9.18 Å². The molecule has 0 unspecified atom stereocenters. The first kappa shape index (κ1) is 18.5. The summed E-state index contributed by atoms with van der Waals surface area (Å²) < 4.78 is 19.9. The van der Waals surface area contributed by atoms with Gasteiger partial charge in [0, 0.05) is 24.4 Å². The van der Waals surface area contributed by atoms with Crippen molar-refractivity contribution in [3.63, 3.8) is 0 Å². The normalized spacial score (nSPS) is 10.9. The lowest BCUT2D eigenvalue weighted by atomic mass is 10.1. The summed E-state index contributed by atoms with van der Waals surface area (Å²) in [6, 6.07) is 11.7. The number of anilines is 1. The molecule has 0 spiro atoms. The molecule has 1 N–H and O–H groups in total. The van der Waals surface area contributed by atoms with Gasteiger partial charge in [-0.1, -0.05) is 5.16 Å². The summed E-state index contributed by atoms with van der Waals surface area (Å²) in [6.45, 7) is 5.23. The molecular weight excluding hydrogens is 373 g/mol. The van der Waals surface area contributed by atoms with Gasteiger partial charge in [-0.3, -0.25) is 4.79 Å². The van der Waals surface area contributed by atoms with Gasteiger partial charge in [0.2, 0.25) is 11.7 Å². The molecule has 0 saturated carbocycles. The third-order valence-electron chi connectivity index (χ3n) is 4.50. The van der Waals surface area contributed by atoms with E-state index in [0.717, 1.165) is 11.3 Å². The monoisotopic (exact) mass is 391 g/mol. The molecule has 0 aliphatic carbocycles. The highest BCUT2D eigenvalue weighted by molar-refractivity contribution is 6.05. The lowest BCUT2D eigenvalue weighted by Gasteiger charge is -2.07. The van der Waals surface area contributed by atoms with Gasteiger partial charge < -0.3 is 9.84 Å². The lowest BCUT2D eigenvalue weighted by Crippen LogP contribution is -2.13. The summed E-state index contributed by atoms with van der Waals surface area (Å²) in [4.78, 5) is 16.9. The van der Waals surface area contributed by atoms with E-state index >= 15 is 0 Å². The number of hydrogen-bond donors (Lipinski definition) is 1. The largest absolute Gasteiger partial charge is 0.339 e. The van der Waals surface area contributed by atoms with Crippen LogP contribution < -0.4 is 5.32 Å². The second-order valence-corrected chi connectivity index (χ2v) is 6.67. The van der Waals surface area contributed by atoms with Crippen LogP contribution in [0.2, 0.25) is 0 Å². The van der Waals surface area contributed by atoms with E-state index in [-0.39, 0.29) is 11.7 Å². The standard InChI is InChI=1S/C21H18FN5O2/c1-12-10-16(22)6-9-19(12)24-21(28)18-11-27(25-13(18)2)17-7-4-15(5-8-17)20-23-14(3)29-26-20/h4-11H,1-3H3,(H,24,28). The van der Waals surface area contributed by atoms with Crippen molar-refractivity contribution in [2.24, 2.45) is 0 Å². The van der Waals surface area contributed by atoms with E-state index in [2.05, 4.69) is 20.6 Å². The van der Waals surface area contributed by atoms with Crippen molar-refractivity contribution in [1.29, 1.82) is 0 Å². The van der Waals surface area contributed by atoms with Crippen LogP contribution in [-0.4, -0.2) is 25.8 Å². The fourth-order valence-electron chi connectivity index (χ4n) is 2.95. The molecule has 2 aromatic carbocycles. The van der Waals surface area contributed by atoms with E-state index in [0.29, 0.717) is 34.2 Å². The van der Waals surface area contributed by atoms with E-state index < -0.39 is 0 Å². The minimum Gasteiger partial charge on any atom is -0.339 e. The molecule has 4 rings (SSSR count). The molecule has 8 heteroatoms. The Morgan fingerprint density at radius 1 is 1.10 bits per heavy atom. The molecule has 0 bridgehead atoms. The van der Waals surface area contributed by atoms with Crippen LogP contribution in [0.1, 0.15) is 27.5 Å². The van der Waals surface area contributed by atoms with Crippen molar-refractivity contribution in [2.75, 3.05) is 5.32 Å². The maximum atomic E-state index is 13.3. The number of carbonyl (C=O) groups is 1. The van der Waals surface area contributed by atoms with Crippen LogP contribution in [0.15, 0.2) is 53.2 Å². The van der Waals surface area contributed by atoms with Crippen molar-refractivity contribution in [3.8, 4) is 17.1 Å². The summed E-state index contributed by atoms with van der Waals surface area (Å²) in [5.41, 5.74) is 3.83. The molecule has 2 aromatic heterocycles. The van der Waals surface area contributed by atoms with Gasteiger partial charge in [0.25, 0.3) is 5.91 Å². The van der Waals surface area contributed by atoms with E-state index in [1.54, 1.807) is 37.7 Å². The minimum atomic E-state index is -0.344. The highest BCUT2D eigenvalue weighted by Crippen LogP contribution is 2.21. The lowest BCUT2D eigenvalue weighted by molar-refractivity contribution is 0.102. The van der Waals surface area contributed by atoms with Crippen LogP contribution in [0.3, 0.4) is 0 Å². The number of halogens is 1. The van der Waals surface area contributed by atoms with Crippen molar-refractivity contribution in [2.45, 2.75) is 20.8 Å². The Hall–Kier alpha value is -3.81. The van der Waals surface area contributed by atoms with E-state index in [1.807, 2.05) is 24.3 Å². The Balaban J connectivity index is 1.56. The SMILES string of the molecule is Cc1nc(-c2ccc(-n3cc(C(=O)Nc4ccc(F)cc4C)c(C)n3)cc2)no1. The summed E-state index contributed by atoms with van der Waals surface area (Å²) >= 11 is 0. The predicted molar refractivity (Wildman–Crippen MR) is 105 cm³/mol. The Morgan fingerprint density at radius 2 is 1.86 bits per heavy atom. The van der Waals surface area contributed by atoms with Crippen molar-refractivity contribution in [3.05, 3.63) is 77.2 Å². The molecule has 0 aliphatic heterocycles. The first-order valence-corrected chi connectivity index (χ1v) is 8.95. The Kier molecular flexibility index (Phi) is 4.67. The summed E-state index contributed by atoms with van der Waals surface area (Å²) in [7, 11) is 0. The molecule has 7 nitrogen and oxygen atoms in total. The second kappa shape index (κ2) is 7.31. The molecule has 0 fully saturated rings. The molecule has 0 saturated heterocycles. The third kappa shape index (κ3) is 3.77. The average Bonchev–Trinajstić information content (AvgIpc) is 3.30. The number of amides is 1. The van der Waals surface area contributed by atoms with Crippen LogP contribution in [0.5, 0.6) is 0 Å².